The van der Waals surface area contributed by atoms with Gasteiger partial charge in [0.25, 0.3) is 0 Å². The number of anilines is 2. The fourth-order valence-corrected chi connectivity index (χ4v) is 5.39. The fraction of sp³-hybridized carbons (Fsp3) is 0.345. The van der Waals surface area contributed by atoms with Crippen LogP contribution in [-0.2, 0) is 17.8 Å². The predicted molar refractivity (Wildman–Crippen MR) is 160 cm³/mol. The maximum Gasteiger partial charge on any atom is 0.204 e. The molecule has 10 nitrogen and oxygen atoms in total. The molecule has 1 saturated heterocycles. The predicted octanol–water partition coefficient (Wildman–Crippen LogP) is 5.21. The number of likely N-dealkylation sites (tertiary alicyclic amines) is 1. The van der Waals surface area contributed by atoms with E-state index in [1.807, 2.05) is 36.0 Å². The van der Waals surface area contributed by atoms with Crippen LogP contribution in [0.1, 0.15) is 43.6 Å². The van der Waals surface area contributed by atoms with E-state index in [0.717, 1.165) is 71.1 Å². The molecule has 11 heteroatoms. The van der Waals surface area contributed by atoms with Crippen molar-refractivity contribution >= 4 is 34.4 Å². The lowest BCUT2D eigenvalue weighted by molar-refractivity contribution is -0.106. The number of aromatic amines is 1. The second kappa shape index (κ2) is 14.3. The lowest BCUT2D eigenvalue weighted by Crippen LogP contribution is -2.33. The number of imidazole rings is 1. The number of carbonyl (C=O) groups excluding carboxylic acids is 1. The molecular formula is C29H37N9OS. The van der Waals surface area contributed by atoms with Gasteiger partial charge in [-0.25, -0.2) is 9.97 Å². The minimum absolute atomic E-state index is 0.250. The first kappa shape index (κ1) is 28.9. The highest BCUT2D eigenvalue weighted by Gasteiger charge is 2.18. The van der Waals surface area contributed by atoms with Gasteiger partial charge in [0.15, 0.2) is 11.5 Å². The van der Waals surface area contributed by atoms with E-state index in [-0.39, 0.29) is 6.41 Å². The number of piperidine rings is 1. The average Bonchev–Trinajstić information content (AvgIpc) is 3.72. The molecule has 210 valence electrons. The molecule has 1 fully saturated rings. The Morgan fingerprint density at radius 1 is 1.25 bits per heavy atom. The van der Waals surface area contributed by atoms with Crippen LogP contribution < -0.4 is 11.1 Å². The second-order valence-electron chi connectivity index (χ2n) is 9.82. The second-order valence-corrected chi connectivity index (χ2v) is 10.6. The fourth-order valence-electron chi connectivity index (χ4n) is 4.73. The zero-order valence-electron chi connectivity index (χ0n) is 23.2. The number of benzene rings is 1. The van der Waals surface area contributed by atoms with Crippen molar-refractivity contribution in [2.45, 2.75) is 46.6 Å². The Balaban J connectivity index is 0.000000284. The molecule has 4 N–H and O–H groups in total. The van der Waals surface area contributed by atoms with E-state index >= 15 is 0 Å². The van der Waals surface area contributed by atoms with Crippen molar-refractivity contribution in [3.8, 4) is 11.3 Å². The van der Waals surface area contributed by atoms with Gasteiger partial charge in [-0.1, -0.05) is 44.2 Å². The highest BCUT2D eigenvalue weighted by atomic mass is 32.1. The number of nitrogens with one attached hydrogen (secondary N) is 2. The topological polar surface area (TPSA) is 130 Å². The summed E-state index contributed by atoms with van der Waals surface area (Å²) in [6, 6.07) is 12.6. The zero-order chi connectivity index (χ0) is 28.3. The molecule has 0 saturated carbocycles. The van der Waals surface area contributed by atoms with Gasteiger partial charge < -0.3 is 11.1 Å². The largest absolute Gasteiger partial charge is 0.372 e. The van der Waals surface area contributed by atoms with E-state index < -0.39 is 0 Å². The molecule has 5 heterocycles. The Morgan fingerprint density at radius 3 is 2.73 bits per heavy atom. The third-order valence-electron chi connectivity index (χ3n) is 6.59. The number of H-pyrrole nitrogens is 1. The summed E-state index contributed by atoms with van der Waals surface area (Å²) in [6.07, 6.45) is 11.5. The lowest BCUT2D eigenvalue weighted by Gasteiger charge is -2.30. The van der Waals surface area contributed by atoms with Gasteiger partial charge in [-0.05, 0) is 61.8 Å². The van der Waals surface area contributed by atoms with Crippen molar-refractivity contribution < 1.29 is 4.79 Å². The van der Waals surface area contributed by atoms with E-state index in [1.54, 1.807) is 6.20 Å². The van der Waals surface area contributed by atoms with Crippen LogP contribution in [0.15, 0.2) is 61.2 Å². The lowest BCUT2D eigenvalue weighted by atomic mass is 10.0. The van der Waals surface area contributed by atoms with Crippen LogP contribution in [0.2, 0.25) is 0 Å². The molecule has 0 bridgehead atoms. The Morgan fingerprint density at radius 2 is 2.05 bits per heavy atom. The molecule has 1 amide bonds. The SMILES string of the molecule is CCc1ccccc1.Cc1cn2c(-c3cn[nH]c3)cnc2c(Nc2cc(CN3CCCC(C)C3)ns2)n1.NC=O. The summed E-state index contributed by atoms with van der Waals surface area (Å²) in [5.74, 6) is 1.51. The van der Waals surface area contributed by atoms with Crippen molar-refractivity contribution in [3.63, 3.8) is 0 Å². The Bertz CT molecular complexity index is 1460. The van der Waals surface area contributed by atoms with Gasteiger partial charge in [0, 0.05) is 31.0 Å². The molecule has 0 aliphatic carbocycles. The minimum Gasteiger partial charge on any atom is -0.372 e. The quantitative estimate of drug-likeness (QED) is 0.244. The van der Waals surface area contributed by atoms with Gasteiger partial charge in [-0.3, -0.25) is 19.2 Å². The summed E-state index contributed by atoms with van der Waals surface area (Å²) in [7, 11) is 0. The first-order valence-corrected chi connectivity index (χ1v) is 14.3. The van der Waals surface area contributed by atoms with Crippen LogP contribution in [-0.4, -0.2) is 53.3 Å². The molecule has 40 heavy (non-hydrogen) atoms. The molecule has 0 spiro atoms. The van der Waals surface area contributed by atoms with Crippen LogP contribution >= 0.6 is 11.5 Å². The molecule has 1 unspecified atom stereocenters. The van der Waals surface area contributed by atoms with Crippen LogP contribution in [0.25, 0.3) is 16.9 Å². The summed E-state index contributed by atoms with van der Waals surface area (Å²) in [4.78, 5) is 20.4. The number of nitrogens with two attached hydrogens (primary N) is 1. The molecule has 1 atom stereocenters. The van der Waals surface area contributed by atoms with Crippen LogP contribution in [0.4, 0.5) is 10.8 Å². The van der Waals surface area contributed by atoms with E-state index in [9.17, 15) is 0 Å². The zero-order valence-corrected chi connectivity index (χ0v) is 24.1. The standard InChI is InChI=1S/C20H24N8S.C8H10.CH3NO/c1-13-4-3-5-27(10-13)12-16-6-18(29-26-16)25-19-20-21-9-17(15-7-22-23-8-15)28(20)11-14(2)24-19;1-2-8-6-4-3-5-7-8;2-1-3/h6-9,11,13H,3-5,10,12H2,1-2H3,(H,22,23)(H,24,25);3-7H,2H2,1H3;1H,(H2,2,3). The Labute approximate surface area is 238 Å². The van der Waals surface area contributed by atoms with E-state index in [1.165, 1.54) is 29.9 Å². The summed E-state index contributed by atoms with van der Waals surface area (Å²) in [5.41, 5.74) is 10.3. The average molecular weight is 560 g/mol. The molecule has 0 radical (unpaired) electrons. The number of hydrogen-bond donors (Lipinski definition) is 3. The number of amides is 1. The number of carbonyl (C=O) groups is 1. The summed E-state index contributed by atoms with van der Waals surface area (Å²) < 4.78 is 6.70. The molecule has 6 rings (SSSR count). The van der Waals surface area contributed by atoms with Crippen molar-refractivity contribution in [2.75, 3.05) is 18.4 Å². The summed E-state index contributed by atoms with van der Waals surface area (Å²) in [6.45, 7) is 9.71. The normalized spacial score (nSPS) is 15.0. The number of fused-ring (bicyclic) bond motifs is 1. The van der Waals surface area contributed by atoms with Gasteiger partial charge in [-0.15, -0.1) is 0 Å². The van der Waals surface area contributed by atoms with Crippen LogP contribution in [0.5, 0.6) is 0 Å². The molecule has 1 aliphatic rings. The van der Waals surface area contributed by atoms with Crippen molar-refractivity contribution in [1.29, 1.82) is 0 Å². The highest BCUT2D eigenvalue weighted by molar-refractivity contribution is 7.10. The van der Waals surface area contributed by atoms with Crippen LogP contribution in [0, 0.1) is 12.8 Å². The number of hydrogen-bond acceptors (Lipinski definition) is 8. The van der Waals surface area contributed by atoms with Gasteiger partial charge >= 0.3 is 0 Å². The maximum atomic E-state index is 8.58. The molecular weight excluding hydrogens is 522 g/mol. The molecule has 1 aliphatic heterocycles. The maximum absolute atomic E-state index is 8.58. The third-order valence-corrected chi connectivity index (χ3v) is 7.33. The van der Waals surface area contributed by atoms with Crippen molar-refractivity contribution in [2.24, 2.45) is 11.7 Å². The number of primary amides is 1. The number of aromatic nitrogens is 6. The van der Waals surface area contributed by atoms with E-state index in [4.69, 9.17) is 4.79 Å². The van der Waals surface area contributed by atoms with Crippen molar-refractivity contribution in [1.82, 2.24) is 33.8 Å². The third kappa shape index (κ3) is 7.73. The molecule has 5 aromatic rings. The Hall–Kier alpha value is -4.09. The Kier molecular flexibility index (Phi) is 10.4. The number of nitrogens with zero attached hydrogens (tertiary/aromatic N) is 6. The van der Waals surface area contributed by atoms with Gasteiger partial charge in [0.1, 0.15) is 5.00 Å². The van der Waals surface area contributed by atoms with Crippen molar-refractivity contribution in [3.05, 3.63) is 78.1 Å². The first-order valence-electron chi connectivity index (χ1n) is 13.5. The minimum atomic E-state index is 0.250. The molecule has 1 aromatic carbocycles. The van der Waals surface area contributed by atoms with Gasteiger partial charge in [0.2, 0.25) is 6.41 Å². The number of aryl methyl sites for hydroxylation is 2. The van der Waals surface area contributed by atoms with Gasteiger partial charge in [0.05, 0.1) is 29.5 Å². The van der Waals surface area contributed by atoms with E-state index in [0.29, 0.717) is 0 Å². The van der Waals surface area contributed by atoms with Crippen LogP contribution in [0.3, 0.4) is 0 Å². The first-order chi connectivity index (χ1) is 19.5. The highest BCUT2D eigenvalue weighted by Crippen LogP contribution is 2.28. The monoisotopic (exact) mass is 559 g/mol. The smallest absolute Gasteiger partial charge is 0.204 e. The number of rotatable bonds is 6. The summed E-state index contributed by atoms with van der Waals surface area (Å²) >= 11 is 1.47. The summed E-state index contributed by atoms with van der Waals surface area (Å²) in [5, 5.41) is 11.3. The van der Waals surface area contributed by atoms with E-state index in [2.05, 4.69) is 84.7 Å². The van der Waals surface area contributed by atoms with Gasteiger partial charge in [-0.2, -0.15) is 9.47 Å². The molecule has 4 aromatic heterocycles.